The van der Waals surface area contributed by atoms with Crippen molar-refractivity contribution in [2.75, 3.05) is 6.54 Å². The molecule has 1 aromatic rings. The summed E-state index contributed by atoms with van der Waals surface area (Å²) in [4.78, 5) is 3.74. The van der Waals surface area contributed by atoms with Gasteiger partial charge in [0.05, 0.1) is 6.20 Å². The van der Waals surface area contributed by atoms with E-state index in [1.54, 1.807) is 6.92 Å². The predicted molar refractivity (Wildman–Crippen MR) is 61.8 cm³/mol. The lowest BCUT2D eigenvalue weighted by atomic mass is 10.4. The van der Waals surface area contributed by atoms with Gasteiger partial charge in [-0.2, -0.15) is 4.31 Å². The van der Waals surface area contributed by atoms with Gasteiger partial charge in [0.15, 0.2) is 8.68 Å². The first-order chi connectivity index (χ1) is 6.89. The molecule has 0 fully saturated rings. The number of halogens is 1. The first-order valence-electron chi connectivity index (χ1n) is 4.52. The molecule has 0 saturated carbocycles. The summed E-state index contributed by atoms with van der Waals surface area (Å²) in [6, 6.07) is -0.0686. The van der Waals surface area contributed by atoms with Crippen molar-refractivity contribution in [2.24, 2.45) is 0 Å². The Balaban J connectivity index is 3.12. The minimum atomic E-state index is -3.42. The highest BCUT2D eigenvalue weighted by molar-refractivity contribution is 7.91. The summed E-state index contributed by atoms with van der Waals surface area (Å²) >= 11 is 6.60. The zero-order chi connectivity index (χ0) is 11.6. The Morgan fingerprint density at radius 3 is 2.53 bits per heavy atom. The molecule has 1 rings (SSSR count). The maximum absolute atomic E-state index is 12.1. The molecule has 0 atom stereocenters. The molecule has 86 valence electrons. The lowest BCUT2D eigenvalue weighted by Crippen LogP contribution is -2.36. The Morgan fingerprint density at radius 1 is 1.60 bits per heavy atom. The van der Waals surface area contributed by atoms with Crippen molar-refractivity contribution in [1.29, 1.82) is 0 Å². The Morgan fingerprint density at radius 2 is 2.20 bits per heavy atom. The summed E-state index contributed by atoms with van der Waals surface area (Å²) in [7, 11) is -3.42. The van der Waals surface area contributed by atoms with E-state index < -0.39 is 10.0 Å². The van der Waals surface area contributed by atoms with E-state index in [-0.39, 0.29) is 14.7 Å². The molecule has 0 aliphatic rings. The van der Waals surface area contributed by atoms with Crippen molar-refractivity contribution < 1.29 is 8.42 Å². The molecular weight excluding hydrogens is 256 g/mol. The molecule has 0 saturated heterocycles. The van der Waals surface area contributed by atoms with Gasteiger partial charge in [-0.3, -0.25) is 0 Å². The highest BCUT2D eigenvalue weighted by atomic mass is 35.5. The maximum Gasteiger partial charge on any atom is 0.254 e. The summed E-state index contributed by atoms with van der Waals surface area (Å²) in [6.07, 6.45) is 1.30. The highest BCUT2D eigenvalue weighted by Gasteiger charge is 2.27. The SMILES string of the molecule is CCN(C(C)C)S(=O)(=O)c1cnc(Cl)s1. The Labute approximate surface area is 98.9 Å². The molecule has 0 aliphatic heterocycles. The van der Waals surface area contributed by atoms with Gasteiger partial charge < -0.3 is 0 Å². The van der Waals surface area contributed by atoms with Gasteiger partial charge in [0.2, 0.25) is 0 Å². The first-order valence-corrected chi connectivity index (χ1v) is 7.16. The van der Waals surface area contributed by atoms with Gasteiger partial charge in [-0.25, -0.2) is 13.4 Å². The Hall–Kier alpha value is -0.170. The molecule has 7 heteroatoms. The van der Waals surface area contributed by atoms with Crippen LogP contribution in [0.4, 0.5) is 0 Å². The molecule has 0 radical (unpaired) electrons. The summed E-state index contributed by atoms with van der Waals surface area (Å²) in [6.45, 7) is 5.92. The van der Waals surface area contributed by atoms with Crippen molar-refractivity contribution in [2.45, 2.75) is 31.0 Å². The number of rotatable bonds is 4. The van der Waals surface area contributed by atoms with Gasteiger partial charge >= 0.3 is 0 Å². The number of thiazole rings is 1. The molecular formula is C8H13ClN2O2S2. The first kappa shape index (κ1) is 12.9. The zero-order valence-electron chi connectivity index (χ0n) is 8.77. The third-order valence-electron chi connectivity index (χ3n) is 1.91. The van der Waals surface area contributed by atoms with Crippen LogP contribution in [0.15, 0.2) is 10.4 Å². The van der Waals surface area contributed by atoms with Crippen LogP contribution in [0.2, 0.25) is 4.47 Å². The minimum absolute atomic E-state index is 0.0686. The number of nitrogens with zero attached hydrogens (tertiary/aromatic N) is 2. The molecule has 1 heterocycles. The van der Waals surface area contributed by atoms with Crippen LogP contribution in [-0.2, 0) is 10.0 Å². The monoisotopic (exact) mass is 268 g/mol. The fourth-order valence-electron chi connectivity index (χ4n) is 1.29. The van der Waals surface area contributed by atoms with E-state index in [2.05, 4.69) is 4.98 Å². The van der Waals surface area contributed by atoms with Crippen LogP contribution in [0.3, 0.4) is 0 Å². The molecule has 4 nitrogen and oxygen atoms in total. The summed E-state index contributed by atoms with van der Waals surface area (Å²) in [5.74, 6) is 0. The van der Waals surface area contributed by atoms with Crippen LogP contribution in [-0.4, -0.2) is 30.3 Å². The van der Waals surface area contributed by atoms with E-state index >= 15 is 0 Å². The average Bonchev–Trinajstić information content (AvgIpc) is 2.52. The summed E-state index contributed by atoms with van der Waals surface area (Å²) in [5, 5.41) is 0. The topological polar surface area (TPSA) is 50.3 Å². The third kappa shape index (κ3) is 2.69. The Kier molecular flexibility index (Phi) is 4.11. The molecule has 0 unspecified atom stereocenters. The van der Waals surface area contributed by atoms with Crippen LogP contribution in [0, 0.1) is 0 Å². The molecule has 0 N–H and O–H groups in total. The summed E-state index contributed by atoms with van der Waals surface area (Å²) in [5.41, 5.74) is 0. The van der Waals surface area contributed by atoms with Gasteiger partial charge in [0.25, 0.3) is 10.0 Å². The van der Waals surface area contributed by atoms with Crippen LogP contribution >= 0.6 is 22.9 Å². The van der Waals surface area contributed by atoms with Crippen LogP contribution in [0.5, 0.6) is 0 Å². The number of aromatic nitrogens is 1. The molecule has 1 aromatic heterocycles. The second-order valence-corrected chi connectivity index (χ2v) is 6.96. The van der Waals surface area contributed by atoms with Crippen molar-refractivity contribution in [3.05, 3.63) is 10.7 Å². The van der Waals surface area contributed by atoms with E-state index in [0.29, 0.717) is 6.54 Å². The lowest BCUT2D eigenvalue weighted by Gasteiger charge is -2.22. The number of hydrogen-bond donors (Lipinski definition) is 0. The number of hydrogen-bond acceptors (Lipinski definition) is 4. The van der Waals surface area contributed by atoms with Crippen LogP contribution in [0.1, 0.15) is 20.8 Å². The molecule has 0 aromatic carbocycles. The average molecular weight is 269 g/mol. The van der Waals surface area contributed by atoms with E-state index in [0.717, 1.165) is 11.3 Å². The van der Waals surface area contributed by atoms with Crippen molar-refractivity contribution in [3.63, 3.8) is 0 Å². The van der Waals surface area contributed by atoms with Crippen molar-refractivity contribution in [1.82, 2.24) is 9.29 Å². The summed E-state index contributed by atoms with van der Waals surface area (Å²) < 4.78 is 26.0. The maximum atomic E-state index is 12.1. The molecule has 0 spiro atoms. The van der Waals surface area contributed by atoms with Gasteiger partial charge in [-0.05, 0) is 13.8 Å². The molecule has 0 amide bonds. The largest absolute Gasteiger partial charge is 0.254 e. The quantitative estimate of drug-likeness (QED) is 0.841. The molecule has 15 heavy (non-hydrogen) atoms. The fourth-order valence-corrected chi connectivity index (χ4v) is 4.36. The van der Waals surface area contributed by atoms with E-state index in [1.807, 2.05) is 13.8 Å². The van der Waals surface area contributed by atoms with Gasteiger partial charge in [-0.1, -0.05) is 29.9 Å². The second-order valence-electron chi connectivity index (χ2n) is 3.23. The predicted octanol–water partition coefficient (Wildman–Crippen LogP) is 2.22. The van der Waals surface area contributed by atoms with Gasteiger partial charge in [0, 0.05) is 12.6 Å². The smallest absolute Gasteiger partial charge is 0.232 e. The van der Waals surface area contributed by atoms with Crippen molar-refractivity contribution in [3.8, 4) is 0 Å². The minimum Gasteiger partial charge on any atom is -0.232 e. The standard InChI is InChI=1S/C8H13ClN2O2S2/c1-4-11(6(2)3)15(12,13)7-5-10-8(9)14-7/h5-6H,4H2,1-3H3. The van der Waals surface area contributed by atoms with E-state index in [1.165, 1.54) is 10.5 Å². The Bertz CT molecular complexity index is 428. The highest BCUT2D eigenvalue weighted by Crippen LogP contribution is 2.26. The lowest BCUT2D eigenvalue weighted by molar-refractivity contribution is 0.370. The van der Waals surface area contributed by atoms with E-state index in [4.69, 9.17) is 11.6 Å². The second kappa shape index (κ2) is 4.78. The number of sulfonamides is 1. The van der Waals surface area contributed by atoms with Crippen LogP contribution in [0.25, 0.3) is 0 Å². The van der Waals surface area contributed by atoms with Gasteiger partial charge in [-0.15, -0.1) is 0 Å². The molecule has 0 aliphatic carbocycles. The van der Waals surface area contributed by atoms with E-state index in [9.17, 15) is 8.42 Å². The van der Waals surface area contributed by atoms with Crippen molar-refractivity contribution >= 4 is 33.0 Å². The normalized spacial score (nSPS) is 12.7. The third-order valence-corrected chi connectivity index (χ3v) is 5.61. The van der Waals surface area contributed by atoms with Crippen LogP contribution < -0.4 is 0 Å². The molecule has 0 bridgehead atoms. The fraction of sp³-hybridized carbons (Fsp3) is 0.625. The van der Waals surface area contributed by atoms with Gasteiger partial charge in [0.1, 0.15) is 0 Å². The zero-order valence-corrected chi connectivity index (χ0v) is 11.2.